The fourth-order valence-corrected chi connectivity index (χ4v) is 2.85. The molecule has 0 spiro atoms. The third kappa shape index (κ3) is 4.62. The molecule has 0 bridgehead atoms. The Morgan fingerprint density at radius 3 is 2.84 bits per heavy atom. The summed E-state index contributed by atoms with van der Waals surface area (Å²) in [5, 5.41) is 6.38. The molecule has 0 saturated heterocycles. The van der Waals surface area contributed by atoms with Crippen LogP contribution in [0.15, 0.2) is 28.7 Å². The normalized spacial score (nSPS) is 17.4. The fraction of sp³-hybridized carbons (Fsp3) is 0.533. The van der Waals surface area contributed by atoms with Gasteiger partial charge in [0, 0.05) is 17.1 Å². The van der Waals surface area contributed by atoms with Crippen LogP contribution in [0.5, 0.6) is 0 Å². The molecule has 1 aliphatic carbocycles. The molecule has 1 fully saturated rings. The molecular formula is C15H21BrN2O. The summed E-state index contributed by atoms with van der Waals surface area (Å²) in [4.78, 5) is 12.0. The predicted molar refractivity (Wildman–Crippen MR) is 80.8 cm³/mol. The van der Waals surface area contributed by atoms with Gasteiger partial charge in [0.05, 0.1) is 6.04 Å². The SMILES string of the molecule is CC(NCc1cccc(Br)c1)C(=O)NC1CCCC1. The molecule has 1 aliphatic rings. The number of rotatable bonds is 5. The second kappa shape index (κ2) is 7.06. The molecule has 0 aliphatic heterocycles. The Labute approximate surface area is 123 Å². The predicted octanol–water partition coefficient (Wildman–Crippen LogP) is 2.99. The fourth-order valence-electron chi connectivity index (χ4n) is 2.41. The Morgan fingerprint density at radius 2 is 2.16 bits per heavy atom. The first-order chi connectivity index (χ1) is 9.15. The summed E-state index contributed by atoms with van der Waals surface area (Å²) in [6, 6.07) is 8.36. The van der Waals surface area contributed by atoms with Gasteiger partial charge in [-0.2, -0.15) is 0 Å². The van der Waals surface area contributed by atoms with Crippen LogP contribution in [0.1, 0.15) is 38.2 Å². The van der Waals surface area contributed by atoms with Crippen LogP contribution in [-0.4, -0.2) is 18.0 Å². The van der Waals surface area contributed by atoms with Gasteiger partial charge in [-0.15, -0.1) is 0 Å². The van der Waals surface area contributed by atoms with E-state index >= 15 is 0 Å². The maximum Gasteiger partial charge on any atom is 0.237 e. The van der Waals surface area contributed by atoms with Crippen molar-refractivity contribution in [1.29, 1.82) is 0 Å². The van der Waals surface area contributed by atoms with Crippen molar-refractivity contribution in [3.05, 3.63) is 34.3 Å². The molecule has 0 heterocycles. The van der Waals surface area contributed by atoms with Crippen molar-refractivity contribution in [1.82, 2.24) is 10.6 Å². The van der Waals surface area contributed by atoms with Crippen molar-refractivity contribution in [2.75, 3.05) is 0 Å². The molecule has 0 aromatic heterocycles. The maximum absolute atomic E-state index is 12.0. The van der Waals surface area contributed by atoms with E-state index in [9.17, 15) is 4.79 Å². The second-order valence-corrected chi connectivity index (χ2v) is 6.14. The van der Waals surface area contributed by atoms with E-state index in [2.05, 4.69) is 38.7 Å². The minimum absolute atomic E-state index is 0.113. The van der Waals surface area contributed by atoms with Crippen molar-refractivity contribution >= 4 is 21.8 Å². The highest BCUT2D eigenvalue weighted by Gasteiger charge is 2.20. The number of amides is 1. The van der Waals surface area contributed by atoms with E-state index in [-0.39, 0.29) is 11.9 Å². The number of carbonyl (C=O) groups is 1. The lowest BCUT2D eigenvalue weighted by atomic mass is 10.2. The molecule has 1 saturated carbocycles. The van der Waals surface area contributed by atoms with E-state index in [0.29, 0.717) is 12.6 Å². The van der Waals surface area contributed by atoms with Gasteiger partial charge in [0.15, 0.2) is 0 Å². The minimum atomic E-state index is -0.153. The van der Waals surface area contributed by atoms with E-state index in [1.807, 2.05) is 19.1 Å². The summed E-state index contributed by atoms with van der Waals surface area (Å²) in [6.07, 6.45) is 4.74. The van der Waals surface area contributed by atoms with Gasteiger partial charge >= 0.3 is 0 Å². The van der Waals surface area contributed by atoms with Crippen LogP contribution in [0.2, 0.25) is 0 Å². The number of nitrogens with one attached hydrogen (secondary N) is 2. The topological polar surface area (TPSA) is 41.1 Å². The molecule has 19 heavy (non-hydrogen) atoms. The highest BCUT2D eigenvalue weighted by Crippen LogP contribution is 2.17. The van der Waals surface area contributed by atoms with Crippen LogP contribution in [0, 0.1) is 0 Å². The standard InChI is InChI=1S/C15H21BrN2O/c1-11(15(19)18-14-7-2-3-8-14)17-10-12-5-4-6-13(16)9-12/h4-6,9,11,14,17H,2-3,7-8,10H2,1H3,(H,18,19). The molecule has 4 heteroatoms. The van der Waals surface area contributed by atoms with Gasteiger partial charge in [0.25, 0.3) is 0 Å². The number of carbonyl (C=O) groups excluding carboxylic acids is 1. The lowest BCUT2D eigenvalue weighted by Crippen LogP contribution is -2.45. The molecule has 1 unspecified atom stereocenters. The van der Waals surface area contributed by atoms with Gasteiger partial charge in [0.1, 0.15) is 0 Å². The van der Waals surface area contributed by atoms with Crippen LogP contribution >= 0.6 is 15.9 Å². The van der Waals surface area contributed by atoms with Crippen molar-refractivity contribution in [2.45, 2.75) is 51.2 Å². The van der Waals surface area contributed by atoms with Gasteiger partial charge in [-0.25, -0.2) is 0 Å². The van der Waals surface area contributed by atoms with E-state index in [1.54, 1.807) is 0 Å². The largest absolute Gasteiger partial charge is 0.352 e. The minimum Gasteiger partial charge on any atom is -0.352 e. The van der Waals surface area contributed by atoms with E-state index in [0.717, 1.165) is 17.3 Å². The summed E-state index contributed by atoms with van der Waals surface area (Å²) in [5.41, 5.74) is 1.18. The van der Waals surface area contributed by atoms with Crippen molar-refractivity contribution in [2.24, 2.45) is 0 Å². The first-order valence-corrected chi connectivity index (χ1v) is 7.72. The van der Waals surface area contributed by atoms with Gasteiger partial charge in [-0.05, 0) is 37.5 Å². The Hall–Kier alpha value is -0.870. The quantitative estimate of drug-likeness (QED) is 0.874. The highest BCUT2D eigenvalue weighted by molar-refractivity contribution is 9.10. The smallest absolute Gasteiger partial charge is 0.237 e. The molecular weight excluding hydrogens is 304 g/mol. The molecule has 1 atom stereocenters. The molecule has 1 amide bonds. The zero-order valence-electron chi connectivity index (χ0n) is 11.3. The molecule has 2 N–H and O–H groups in total. The molecule has 104 valence electrons. The summed E-state index contributed by atoms with van der Waals surface area (Å²) >= 11 is 3.45. The van der Waals surface area contributed by atoms with Gasteiger partial charge in [0.2, 0.25) is 5.91 Å². The van der Waals surface area contributed by atoms with Crippen LogP contribution in [-0.2, 0) is 11.3 Å². The molecule has 2 rings (SSSR count). The number of halogens is 1. The number of hydrogen-bond acceptors (Lipinski definition) is 2. The second-order valence-electron chi connectivity index (χ2n) is 5.22. The molecule has 0 radical (unpaired) electrons. The zero-order chi connectivity index (χ0) is 13.7. The summed E-state index contributed by atoms with van der Waals surface area (Å²) in [7, 11) is 0. The van der Waals surface area contributed by atoms with Crippen LogP contribution < -0.4 is 10.6 Å². The summed E-state index contributed by atoms with van der Waals surface area (Å²) in [5.74, 6) is 0.113. The van der Waals surface area contributed by atoms with E-state index in [4.69, 9.17) is 0 Å². The number of hydrogen-bond donors (Lipinski definition) is 2. The van der Waals surface area contributed by atoms with Crippen molar-refractivity contribution in [3.63, 3.8) is 0 Å². The Morgan fingerprint density at radius 1 is 1.42 bits per heavy atom. The Balaban J connectivity index is 1.76. The average molecular weight is 325 g/mol. The monoisotopic (exact) mass is 324 g/mol. The Kier molecular flexibility index (Phi) is 5.40. The van der Waals surface area contributed by atoms with Gasteiger partial charge in [-0.1, -0.05) is 40.9 Å². The third-order valence-corrected chi connectivity index (χ3v) is 4.09. The third-order valence-electron chi connectivity index (χ3n) is 3.60. The highest BCUT2D eigenvalue weighted by atomic mass is 79.9. The molecule has 3 nitrogen and oxygen atoms in total. The summed E-state index contributed by atoms with van der Waals surface area (Å²) in [6.45, 7) is 2.63. The van der Waals surface area contributed by atoms with Gasteiger partial charge in [-0.3, -0.25) is 4.79 Å². The van der Waals surface area contributed by atoms with Crippen molar-refractivity contribution in [3.8, 4) is 0 Å². The zero-order valence-corrected chi connectivity index (χ0v) is 12.9. The summed E-state index contributed by atoms with van der Waals surface area (Å²) < 4.78 is 1.06. The maximum atomic E-state index is 12.0. The Bertz CT molecular complexity index is 430. The number of benzene rings is 1. The molecule has 1 aromatic carbocycles. The lowest BCUT2D eigenvalue weighted by Gasteiger charge is -2.17. The van der Waals surface area contributed by atoms with Crippen LogP contribution in [0.25, 0.3) is 0 Å². The van der Waals surface area contributed by atoms with Crippen LogP contribution in [0.4, 0.5) is 0 Å². The average Bonchev–Trinajstić information content (AvgIpc) is 2.89. The van der Waals surface area contributed by atoms with Crippen molar-refractivity contribution < 1.29 is 4.79 Å². The first kappa shape index (κ1) is 14.5. The molecule has 1 aromatic rings. The van der Waals surface area contributed by atoms with E-state index in [1.165, 1.54) is 18.4 Å². The first-order valence-electron chi connectivity index (χ1n) is 6.93. The van der Waals surface area contributed by atoms with Crippen LogP contribution in [0.3, 0.4) is 0 Å². The van der Waals surface area contributed by atoms with E-state index < -0.39 is 0 Å². The van der Waals surface area contributed by atoms with Gasteiger partial charge < -0.3 is 10.6 Å². The lowest BCUT2D eigenvalue weighted by molar-refractivity contribution is -0.123.